The van der Waals surface area contributed by atoms with Gasteiger partial charge in [0.15, 0.2) is 18.2 Å². The van der Waals surface area contributed by atoms with Crippen LogP contribution in [0.15, 0.2) is 42.5 Å². The first kappa shape index (κ1) is 20.2. The fraction of sp³-hybridized carbons (Fsp3) is 0.222. The maximum atomic E-state index is 13.0. The Hall–Kier alpha value is -3.10. The van der Waals surface area contributed by atoms with Crippen molar-refractivity contribution < 1.29 is 36.6 Å². The van der Waals surface area contributed by atoms with Gasteiger partial charge >= 0.3 is 12.6 Å². The maximum Gasteiger partial charge on any atom is 0.387 e. The summed E-state index contributed by atoms with van der Waals surface area (Å²) in [5, 5.41) is 2.50. The minimum Gasteiger partial charge on any atom is -0.452 e. The van der Waals surface area contributed by atoms with E-state index in [0.717, 1.165) is 17.7 Å². The minimum atomic E-state index is -2.90. The molecule has 0 fully saturated rings. The molecule has 0 aromatic heterocycles. The summed E-state index contributed by atoms with van der Waals surface area (Å²) in [4.78, 5) is 23.3. The summed E-state index contributed by atoms with van der Waals surface area (Å²) in [6, 6.07) is 8.42. The van der Waals surface area contributed by atoms with Crippen molar-refractivity contribution in [3.8, 4) is 5.75 Å². The van der Waals surface area contributed by atoms with Crippen LogP contribution in [0, 0.1) is 11.6 Å². The van der Waals surface area contributed by atoms with Gasteiger partial charge in [0.25, 0.3) is 5.91 Å². The molecule has 5 nitrogen and oxygen atoms in total. The van der Waals surface area contributed by atoms with Gasteiger partial charge in [-0.2, -0.15) is 8.78 Å². The molecule has 0 aliphatic heterocycles. The second-order valence-corrected chi connectivity index (χ2v) is 5.33. The summed E-state index contributed by atoms with van der Waals surface area (Å²) >= 11 is 0. The number of rotatable bonds is 8. The summed E-state index contributed by atoms with van der Waals surface area (Å²) in [6.07, 6.45) is 0.415. The Labute approximate surface area is 151 Å². The van der Waals surface area contributed by atoms with E-state index in [-0.39, 0.29) is 17.9 Å². The van der Waals surface area contributed by atoms with Gasteiger partial charge in [0.2, 0.25) is 0 Å². The maximum absolute atomic E-state index is 13.0. The molecule has 0 heterocycles. The van der Waals surface area contributed by atoms with Crippen LogP contribution in [-0.4, -0.2) is 31.6 Å². The van der Waals surface area contributed by atoms with Crippen LogP contribution in [0.25, 0.3) is 0 Å². The SMILES string of the molecule is O=C(COC(=O)c1ccc(F)c(F)c1)NCCc1ccc(OC(F)F)cc1. The lowest BCUT2D eigenvalue weighted by molar-refractivity contribution is -0.124. The van der Waals surface area contributed by atoms with Crippen molar-refractivity contribution in [2.75, 3.05) is 13.2 Å². The molecule has 0 atom stereocenters. The highest BCUT2D eigenvalue weighted by Gasteiger charge is 2.13. The number of amides is 1. The number of hydrogen-bond donors (Lipinski definition) is 1. The van der Waals surface area contributed by atoms with E-state index >= 15 is 0 Å². The molecular formula is C18H15F4NO4. The first-order valence-electron chi connectivity index (χ1n) is 7.78. The molecule has 9 heteroatoms. The normalized spacial score (nSPS) is 10.6. The summed E-state index contributed by atoms with van der Waals surface area (Å²) in [6.45, 7) is -3.26. The first-order chi connectivity index (χ1) is 12.8. The number of benzene rings is 2. The van der Waals surface area contributed by atoms with Crippen molar-refractivity contribution in [3.63, 3.8) is 0 Å². The monoisotopic (exact) mass is 385 g/mol. The third-order valence-corrected chi connectivity index (χ3v) is 3.37. The second kappa shape index (κ2) is 9.56. The lowest BCUT2D eigenvalue weighted by Gasteiger charge is -2.08. The molecule has 1 amide bonds. The number of esters is 1. The molecule has 0 spiro atoms. The number of hydrogen-bond acceptors (Lipinski definition) is 4. The molecule has 0 aliphatic carbocycles. The van der Waals surface area contributed by atoms with Crippen LogP contribution >= 0.6 is 0 Å². The van der Waals surface area contributed by atoms with Gasteiger partial charge in [0, 0.05) is 6.54 Å². The lowest BCUT2D eigenvalue weighted by Crippen LogP contribution is -2.30. The zero-order valence-electron chi connectivity index (χ0n) is 13.9. The van der Waals surface area contributed by atoms with E-state index in [0.29, 0.717) is 12.5 Å². The van der Waals surface area contributed by atoms with Crippen molar-refractivity contribution in [2.45, 2.75) is 13.0 Å². The summed E-state index contributed by atoms with van der Waals surface area (Å²) in [5.74, 6) is -3.80. The Morgan fingerprint density at radius 2 is 1.70 bits per heavy atom. The third-order valence-electron chi connectivity index (χ3n) is 3.37. The minimum absolute atomic E-state index is 0.0296. The molecule has 1 N–H and O–H groups in total. The Bertz CT molecular complexity index is 796. The van der Waals surface area contributed by atoms with Crippen molar-refractivity contribution in [1.82, 2.24) is 5.32 Å². The molecule has 0 aliphatic rings. The smallest absolute Gasteiger partial charge is 0.387 e. The molecule has 2 aromatic rings. The lowest BCUT2D eigenvalue weighted by atomic mass is 10.1. The number of halogens is 4. The standard InChI is InChI=1S/C18H15F4NO4/c19-14-6-3-12(9-15(14)20)17(25)26-10-16(24)23-8-7-11-1-4-13(5-2-11)27-18(21)22/h1-6,9,18H,7-8,10H2,(H,23,24). The van der Waals surface area contributed by atoms with Crippen LogP contribution in [0.2, 0.25) is 0 Å². The predicted molar refractivity (Wildman–Crippen MR) is 86.4 cm³/mol. The Morgan fingerprint density at radius 3 is 2.33 bits per heavy atom. The summed E-state index contributed by atoms with van der Waals surface area (Å²) in [5.41, 5.74) is 0.559. The van der Waals surface area contributed by atoms with Crippen LogP contribution in [-0.2, 0) is 16.0 Å². The Balaban J connectivity index is 1.71. The average Bonchev–Trinajstić information content (AvgIpc) is 2.63. The molecule has 0 saturated carbocycles. The third kappa shape index (κ3) is 6.61. The van der Waals surface area contributed by atoms with Crippen molar-refractivity contribution in [2.24, 2.45) is 0 Å². The van der Waals surface area contributed by atoms with Crippen LogP contribution < -0.4 is 10.1 Å². The van der Waals surface area contributed by atoms with Gasteiger partial charge in [0.1, 0.15) is 5.75 Å². The molecule has 0 unspecified atom stereocenters. The van der Waals surface area contributed by atoms with Crippen molar-refractivity contribution >= 4 is 11.9 Å². The van der Waals surface area contributed by atoms with E-state index in [9.17, 15) is 27.2 Å². The summed E-state index contributed by atoms with van der Waals surface area (Å²) in [7, 11) is 0. The highest BCUT2D eigenvalue weighted by Crippen LogP contribution is 2.15. The van der Waals surface area contributed by atoms with E-state index in [1.54, 1.807) is 12.1 Å². The average molecular weight is 385 g/mol. The van der Waals surface area contributed by atoms with Crippen molar-refractivity contribution in [1.29, 1.82) is 0 Å². The van der Waals surface area contributed by atoms with Gasteiger partial charge < -0.3 is 14.8 Å². The molecule has 2 aromatic carbocycles. The number of nitrogens with one attached hydrogen (secondary N) is 1. The van der Waals surface area contributed by atoms with Crippen molar-refractivity contribution in [3.05, 3.63) is 65.2 Å². The molecule has 144 valence electrons. The fourth-order valence-electron chi connectivity index (χ4n) is 2.07. The Morgan fingerprint density at radius 1 is 1.00 bits per heavy atom. The van der Waals surface area contributed by atoms with Gasteiger partial charge in [0.05, 0.1) is 5.56 Å². The van der Waals surface area contributed by atoms with Crippen LogP contribution in [0.5, 0.6) is 5.75 Å². The predicted octanol–water partition coefficient (Wildman–Crippen LogP) is 3.08. The van der Waals surface area contributed by atoms with Crippen LogP contribution in [0.4, 0.5) is 17.6 Å². The molecular weight excluding hydrogens is 370 g/mol. The Kier molecular flexibility index (Phi) is 7.16. The summed E-state index contributed by atoms with van der Waals surface area (Å²) < 4.78 is 58.9. The topological polar surface area (TPSA) is 64.6 Å². The zero-order chi connectivity index (χ0) is 19.8. The molecule has 2 rings (SSSR count). The fourth-order valence-corrected chi connectivity index (χ4v) is 2.07. The molecule has 27 heavy (non-hydrogen) atoms. The zero-order valence-corrected chi connectivity index (χ0v) is 13.9. The number of alkyl halides is 2. The first-order valence-corrected chi connectivity index (χ1v) is 7.78. The highest BCUT2D eigenvalue weighted by atomic mass is 19.3. The van der Waals surface area contributed by atoms with E-state index in [1.165, 1.54) is 12.1 Å². The highest BCUT2D eigenvalue weighted by molar-refractivity contribution is 5.91. The quantitative estimate of drug-likeness (QED) is 0.560. The molecule has 0 radical (unpaired) electrons. The van der Waals surface area contributed by atoms with Gasteiger partial charge in [-0.25, -0.2) is 13.6 Å². The molecule has 0 saturated heterocycles. The number of ether oxygens (including phenoxy) is 2. The largest absolute Gasteiger partial charge is 0.452 e. The molecule has 0 bridgehead atoms. The van der Waals surface area contributed by atoms with Gasteiger partial charge in [-0.3, -0.25) is 4.79 Å². The van der Waals surface area contributed by atoms with E-state index in [2.05, 4.69) is 10.1 Å². The van der Waals surface area contributed by atoms with E-state index in [4.69, 9.17) is 4.74 Å². The van der Waals surface area contributed by atoms with E-state index < -0.39 is 36.7 Å². The number of carbonyl (C=O) groups is 2. The van der Waals surface area contributed by atoms with Crippen LogP contribution in [0.1, 0.15) is 15.9 Å². The number of carbonyl (C=O) groups excluding carboxylic acids is 2. The van der Waals surface area contributed by atoms with Gasteiger partial charge in [-0.1, -0.05) is 12.1 Å². The van der Waals surface area contributed by atoms with Gasteiger partial charge in [-0.15, -0.1) is 0 Å². The van der Waals surface area contributed by atoms with Crippen LogP contribution in [0.3, 0.4) is 0 Å². The van der Waals surface area contributed by atoms with Gasteiger partial charge in [-0.05, 0) is 42.3 Å². The van der Waals surface area contributed by atoms with E-state index in [1.807, 2.05) is 0 Å². The second-order valence-electron chi connectivity index (χ2n) is 5.33.